The van der Waals surface area contributed by atoms with Crippen LogP contribution in [0, 0.1) is 0 Å². The molecule has 14 heavy (non-hydrogen) atoms. The summed E-state index contributed by atoms with van der Waals surface area (Å²) < 4.78 is 0. The summed E-state index contributed by atoms with van der Waals surface area (Å²) in [7, 11) is 0. The Balaban J connectivity index is 2.75. The van der Waals surface area contributed by atoms with Gasteiger partial charge in [-0.3, -0.25) is 0 Å². The Labute approximate surface area is 85.8 Å². The zero-order valence-corrected chi connectivity index (χ0v) is 8.58. The van der Waals surface area contributed by atoms with E-state index < -0.39 is 5.97 Å². The first-order valence-corrected chi connectivity index (χ1v) is 5.10. The maximum atomic E-state index is 10.8. The molecule has 0 aliphatic heterocycles. The molecule has 5 heteroatoms. The number of thiophene rings is 1. The highest BCUT2D eigenvalue weighted by Gasteiger charge is 2.14. The number of carbonyl (C=O) groups is 1. The van der Waals surface area contributed by atoms with Gasteiger partial charge in [0.15, 0.2) is 0 Å². The molecule has 1 rings (SSSR count). The van der Waals surface area contributed by atoms with Crippen LogP contribution in [0.2, 0.25) is 0 Å². The highest BCUT2D eigenvalue weighted by molar-refractivity contribution is 7.13. The Bertz CT molecular complexity index is 319. The van der Waals surface area contributed by atoms with E-state index in [2.05, 4.69) is 5.16 Å². The first-order valence-electron chi connectivity index (χ1n) is 4.22. The maximum absolute atomic E-state index is 10.8. The fourth-order valence-corrected chi connectivity index (χ4v) is 1.50. The summed E-state index contributed by atoms with van der Waals surface area (Å²) >= 11 is 1.33. The summed E-state index contributed by atoms with van der Waals surface area (Å²) in [5.74, 6) is -1.07. The van der Waals surface area contributed by atoms with Crippen molar-refractivity contribution in [1.29, 1.82) is 0 Å². The monoisotopic (exact) mass is 213 g/mol. The molecule has 0 saturated carbocycles. The summed E-state index contributed by atoms with van der Waals surface area (Å²) in [4.78, 5) is 16.2. The molecule has 1 heterocycles. The van der Waals surface area contributed by atoms with Gasteiger partial charge < -0.3 is 9.94 Å². The number of hydrogen-bond donors (Lipinski definition) is 1. The summed E-state index contributed by atoms with van der Waals surface area (Å²) in [6.07, 6.45) is 0.806. The number of oxime groups is 1. The van der Waals surface area contributed by atoms with Gasteiger partial charge in [0, 0.05) is 0 Å². The zero-order valence-electron chi connectivity index (χ0n) is 7.77. The van der Waals surface area contributed by atoms with Crippen molar-refractivity contribution in [1.82, 2.24) is 0 Å². The number of nitrogens with zero attached hydrogens (tertiary/aromatic N) is 1. The van der Waals surface area contributed by atoms with E-state index in [-0.39, 0.29) is 5.71 Å². The molecule has 0 spiro atoms. The standard InChI is InChI=1S/C9H11NO3S/c1-2-5-13-10-8(9(11)12)7-4-3-6-14-7/h3-4,6H,2,5H2,1H3,(H,11,12). The number of hydrogen-bond acceptors (Lipinski definition) is 4. The van der Waals surface area contributed by atoms with Crippen molar-refractivity contribution in [2.45, 2.75) is 13.3 Å². The minimum atomic E-state index is -1.07. The van der Waals surface area contributed by atoms with Crippen LogP contribution in [0.25, 0.3) is 0 Å². The van der Waals surface area contributed by atoms with Crippen LogP contribution in [0.5, 0.6) is 0 Å². The lowest BCUT2D eigenvalue weighted by Crippen LogP contribution is -2.13. The van der Waals surface area contributed by atoms with Crippen LogP contribution in [0.4, 0.5) is 0 Å². The second-order valence-corrected chi connectivity index (χ2v) is 3.50. The average Bonchev–Trinajstić information content (AvgIpc) is 2.64. The molecule has 0 fully saturated rings. The molecule has 0 aliphatic carbocycles. The molecule has 0 amide bonds. The molecule has 1 N–H and O–H groups in total. The van der Waals surface area contributed by atoms with Crippen LogP contribution in [0.3, 0.4) is 0 Å². The molecule has 0 bridgehead atoms. The normalized spacial score (nSPS) is 11.4. The molecule has 0 atom stereocenters. The van der Waals surface area contributed by atoms with Crippen molar-refractivity contribution >= 4 is 23.0 Å². The Morgan fingerprint density at radius 1 is 1.71 bits per heavy atom. The number of aliphatic carboxylic acids is 1. The Morgan fingerprint density at radius 3 is 3.00 bits per heavy atom. The number of rotatable bonds is 5. The quantitative estimate of drug-likeness (QED) is 0.462. The molecule has 76 valence electrons. The van der Waals surface area contributed by atoms with Gasteiger partial charge >= 0.3 is 5.97 Å². The average molecular weight is 213 g/mol. The van der Waals surface area contributed by atoms with Crippen LogP contribution in [-0.2, 0) is 9.63 Å². The summed E-state index contributed by atoms with van der Waals surface area (Å²) in [6.45, 7) is 2.36. The van der Waals surface area contributed by atoms with E-state index >= 15 is 0 Å². The highest BCUT2D eigenvalue weighted by atomic mass is 32.1. The third-order valence-electron chi connectivity index (χ3n) is 1.41. The van der Waals surface area contributed by atoms with Gasteiger partial charge in [0.2, 0.25) is 5.71 Å². The third-order valence-corrected chi connectivity index (χ3v) is 2.28. The van der Waals surface area contributed by atoms with E-state index in [4.69, 9.17) is 9.94 Å². The van der Waals surface area contributed by atoms with Crippen LogP contribution in [0.15, 0.2) is 22.7 Å². The van der Waals surface area contributed by atoms with Crippen molar-refractivity contribution in [3.8, 4) is 0 Å². The molecule has 0 unspecified atom stereocenters. The van der Waals surface area contributed by atoms with Gasteiger partial charge in [0.05, 0.1) is 4.88 Å². The minimum absolute atomic E-state index is 0.0338. The highest BCUT2D eigenvalue weighted by Crippen LogP contribution is 2.10. The molecule has 4 nitrogen and oxygen atoms in total. The predicted molar refractivity (Wildman–Crippen MR) is 54.7 cm³/mol. The summed E-state index contributed by atoms with van der Waals surface area (Å²) in [5.41, 5.74) is -0.0338. The van der Waals surface area contributed by atoms with E-state index in [1.165, 1.54) is 11.3 Å². The molecule has 0 radical (unpaired) electrons. The molecular formula is C9H11NO3S. The van der Waals surface area contributed by atoms with E-state index in [9.17, 15) is 4.79 Å². The van der Waals surface area contributed by atoms with Crippen LogP contribution >= 0.6 is 11.3 Å². The van der Waals surface area contributed by atoms with Gasteiger partial charge in [-0.05, 0) is 17.9 Å². The smallest absolute Gasteiger partial charge is 0.359 e. The second-order valence-electron chi connectivity index (χ2n) is 2.56. The predicted octanol–water partition coefficient (Wildman–Crippen LogP) is 1.96. The van der Waals surface area contributed by atoms with E-state index in [0.717, 1.165) is 6.42 Å². The first kappa shape index (κ1) is 10.7. The number of carboxylic acid groups (broad SMARTS) is 1. The maximum Gasteiger partial charge on any atom is 0.359 e. The fraction of sp³-hybridized carbons (Fsp3) is 0.333. The van der Waals surface area contributed by atoms with Crippen molar-refractivity contribution in [3.63, 3.8) is 0 Å². The zero-order chi connectivity index (χ0) is 10.4. The number of carboxylic acids is 1. The van der Waals surface area contributed by atoms with Crippen LogP contribution in [0.1, 0.15) is 18.2 Å². The fourth-order valence-electron chi connectivity index (χ4n) is 0.804. The van der Waals surface area contributed by atoms with Gasteiger partial charge in [-0.1, -0.05) is 18.1 Å². The van der Waals surface area contributed by atoms with Crippen LogP contribution in [-0.4, -0.2) is 23.4 Å². The lowest BCUT2D eigenvalue weighted by atomic mass is 10.3. The molecule has 1 aromatic heterocycles. The van der Waals surface area contributed by atoms with E-state index in [1.807, 2.05) is 6.92 Å². The molecule has 0 saturated heterocycles. The first-order chi connectivity index (χ1) is 6.75. The van der Waals surface area contributed by atoms with Crippen molar-refractivity contribution in [2.75, 3.05) is 6.61 Å². The van der Waals surface area contributed by atoms with Crippen LogP contribution < -0.4 is 0 Å². The lowest BCUT2D eigenvalue weighted by molar-refractivity contribution is -0.129. The second kappa shape index (κ2) is 5.39. The lowest BCUT2D eigenvalue weighted by Gasteiger charge is -1.98. The summed E-state index contributed by atoms with van der Waals surface area (Å²) in [6, 6.07) is 3.48. The van der Waals surface area contributed by atoms with Crippen molar-refractivity contribution < 1.29 is 14.7 Å². The molecule has 0 aliphatic rings. The van der Waals surface area contributed by atoms with E-state index in [1.54, 1.807) is 17.5 Å². The van der Waals surface area contributed by atoms with Crippen molar-refractivity contribution in [3.05, 3.63) is 22.4 Å². The SMILES string of the molecule is CCCON=C(C(=O)O)c1cccs1. The van der Waals surface area contributed by atoms with Gasteiger partial charge in [-0.25, -0.2) is 4.79 Å². The van der Waals surface area contributed by atoms with Gasteiger partial charge in [0.25, 0.3) is 0 Å². The third kappa shape index (κ3) is 2.85. The molecular weight excluding hydrogens is 202 g/mol. The van der Waals surface area contributed by atoms with Gasteiger partial charge in [-0.2, -0.15) is 0 Å². The van der Waals surface area contributed by atoms with Crippen molar-refractivity contribution in [2.24, 2.45) is 5.16 Å². The minimum Gasteiger partial charge on any atom is -0.476 e. The topological polar surface area (TPSA) is 58.9 Å². The van der Waals surface area contributed by atoms with Gasteiger partial charge in [-0.15, -0.1) is 11.3 Å². The summed E-state index contributed by atoms with van der Waals surface area (Å²) in [5, 5.41) is 14.2. The Hall–Kier alpha value is -1.36. The Morgan fingerprint density at radius 2 is 2.50 bits per heavy atom. The van der Waals surface area contributed by atoms with Gasteiger partial charge in [0.1, 0.15) is 6.61 Å². The molecule has 0 aromatic carbocycles. The Kier molecular flexibility index (Phi) is 4.12. The molecule has 1 aromatic rings. The largest absolute Gasteiger partial charge is 0.476 e. The van der Waals surface area contributed by atoms with E-state index in [0.29, 0.717) is 11.5 Å².